The Hall–Kier alpha value is -0.900. The molecule has 1 nitrogen and oxygen atoms in total. The molecule has 1 aromatic carbocycles. The molecule has 0 aliphatic heterocycles. The van der Waals surface area contributed by atoms with E-state index < -0.39 is 0 Å². The first-order valence-corrected chi connectivity index (χ1v) is 7.13. The highest BCUT2D eigenvalue weighted by Gasteiger charge is 2.04. The molecule has 88 valence electrons. The van der Waals surface area contributed by atoms with E-state index in [9.17, 15) is 0 Å². The molecule has 2 aromatic rings. The molecule has 17 heavy (non-hydrogen) atoms. The lowest BCUT2D eigenvalue weighted by Crippen LogP contribution is -1.94. The second-order valence-corrected chi connectivity index (χ2v) is 5.63. The Bertz CT molecular complexity index is 516. The van der Waals surface area contributed by atoms with Crippen molar-refractivity contribution >= 4 is 33.3 Å². The molecule has 0 unspecified atom stereocenters. The first kappa shape index (κ1) is 12.6. The Morgan fingerprint density at radius 1 is 1.18 bits per heavy atom. The van der Waals surface area contributed by atoms with Gasteiger partial charge in [0.15, 0.2) is 0 Å². The summed E-state index contributed by atoms with van der Waals surface area (Å²) >= 11 is 5.37. The SMILES string of the molecule is NCCC=Cc1ccc(-c2ccccc2Br)s1. The molecule has 2 rings (SSSR count). The lowest BCUT2D eigenvalue weighted by atomic mass is 10.2. The van der Waals surface area contributed by atoms with Crippen LogP contribution in [0.5, 0.6) is 0 Å². The van der Waals surface area contributed by atoms with E-state index in [-0.39, 0.29) is 0 Å². The third kappa shape index (κ3) is 3.28. The second kappa shape index (κ2) is 6.15. The lowest BCUT2D eigenvalue weighted by molar-refractivity contribution is 1.01. The van der Waals surface area contributed by atoms with Crippen LogP contribution in [-0.2, 0) is 0 Å². The van der Waals surface area contributed by atoms with Gasteiger partial charge < -0.3 is 5.73 Å². The zero-order chi connectivity index (χ0) is 12.1. The predicted octanol–water partition coefficient (Wildman–Crippen LogP) is 4.54. The number of nitrogens with two attached hydrogens (primary N) is 1. The highest BCUT2D eigenvalue weighted by Crippen LogP contribution is 2.33. The van der Waals surface area contributed by atoms with Crippen molar-refractivity contribution in [2.45, 2.75) is 6.42 Å². The smallest absolute Gasteiger partial charge is 0.0360 e. The molecule has 0 saturated heterocycles. The number of hydrogen-bond donors (Lipinski definition) is 1. The largest absolute Gasteiger partial charge is 0.330 e. The van der Waals surface area contributed by atoms with Crippen LogP contribution < -0.4 is 5.73 Å². The fourth-order valence-electron chi connectivity index (χ4n) is 1.54. The van der Waals surface area contributed by atoms with Crippen LogP contribution in [0, 0.1) is 0 Å². The summed E-state index contributed by atoms with van der Waals surface area (Å²) in [5.41, 5.74) is 6.70. The van der Waals surface area contributed by atoms with Crippen LogP contribution in [0.15, 0.2) is 46.9 Å². The second-order valence-electron chi connectivity index (χ2n) is 3.66. The van der Waals surface area contributed by atoms with Crippen LogP contribution >= 0.6 is 27.3 Å². The molecule has 1 aromatic heterocycles. The fraction of sp³-hybridized carbons (Fsp3) is 0.143. The van der Waals surface area contributed by atoms with Gasteiger partial charge in [-0.2, -0.15) is 0 Å². The average Bonchev–Trinajstić information content (AvgIpc) is 2.79. The number of benzene rings is 1. The van der Waals surface area contributed by atoms with Crippen LogP contribution in [0.25, 0.3) is 16.5 Å². The van der Waals surface area contributed by atoms with Crippen LogP contribution in [0.4, 0.5) is 0 Å². The summed E-state index contributed by atoms with van der Waals surface area (Å²) in [5.74, 6) is 0. The minimum atomic E-state index is 0.707. The third-order valence-corrected chi connectivity index (χ3v) is 4.16. The highest BCUT2D eigenvalue weighted by atomic mass is 79.9. The molecule has 2 N–H and O–H groups in total. The normalized spacial score (nSPS) is 11.2. The molecule has 0 aliphatic rings. The van der Waals surface area contributed by atoms with Crippen LogP contribution in [0.1, 0.15) is 11.3 Å². The zero-order valence-electron chi connectivity index (χ0n) is 9.40. The maximum absolute atomic E-state index is 5.45. The maximum atomic E-state index is 5.45. The Balaban J connectivity index is 2.21. The molecule has 0 fully saturated rings. The first-order valence-electron chi connectivity index (χ1n) is 5.52. The van der Waals surface area contributed by atoms with Gasteiger partial charge in [-0.3, -0.25) is 0 Å². The third-order valence-electron chi connectivity index (χ3n) is 2.38. The van der Waals surface area contributed by atoms with Crippen LogP contribution in [0.2, 0.25) is 0 Å². The van der Waals surface area contributed by atoms with Crippen molar-refractivity contribution in [3.63, 3.8) is 0 Å². The number of halogens is 1. The molecule has 0 aliphatic carbocycles. The fourth-order valence-corrected chi connectivity index (χ4v) is 3.15. The van der Waals surface area contributed by atoms with E-state index in [0.717, 1.165) is 10.9 Å². The number of hydrogen-bond acceptors (Lipinski definition) is 2. The molecular weight excluding hydrogens is 294 g/mol. The van der Waals surface area contributed by atoms with Gasteiger partial charge in [-0.25, -0.2) is 0 Å². The van der Waals surface area contributed by atoms with Crippen molar-refractivity contribution < 1.29 is 0 Å². The van der Waals surface area contributed by atoms with E-state index in [0.29, 0.717) is 6.54 Å². The standard InChI is InChI=1S/C14H14BrNS/c15-13-7-2-1-6-12(13)14-9-8-11(17-14)5-3-4-10-16/h1-3,5-9H,4,10,16H2. The number of rotatable bonds is 4. The predicted molar refractivity (Wildman–Crippen MR) is 80.2 cm³/mol. The summed E-state index contributed by atoms with van der Waals surface area (Å²) in [6, 6.07) is 12.6. The van der Waals surface area contributed by atoms with Crippen molar-refractivity contribution in [1.29, 1.82) is 0 Å². The van der Waals surface area contributed by atoms with Crippen molar-refractivity contribution in [1.82, 2.24) is 0 Å². The minimum absolute atomic E-state index is 0.707. The molecule has 0 amide bonds. The van der Waals surface area contributed by atoms with E-state index in [1.54, 1.807) is 11.3 Å². The first-order chi connectivity index (χ1) is 8.31. The van der Waals surface area contributed by atoms with Gasteiger partial charge in [-0.05, 0) is 37.2 Å². The van der Waals surface area contributed by atoms with Crippen molar-refractivity contribution in [3.8, 4) is 10.4 Å². The molecule has 0 radical (unpaired) electrons. The summed E-state index contributed by atoms with van der Waals surface area (Å²) in [7, 11) is 0. The highest BCUT2D eigenvalue weighted by molar-refractivity contribution is 9.10. The Morgan fingerprint density at radius 2 is 2.00 bits per heavy atom. The summed E-state index contributed by atoms with van der Waals surface area (Å²) in [6.45, 7) is 0.707. The number of thiophene rings is 1. The van der Waals surface area contributed by atoms with E-state index in [1.807, 2.05) is 6.07 Å². The maximum Gasteiger partial charge on any atom is 0.0360 e. The van der Waals surface area contributed by atoms with Gasteiger partial charge in [0, 0.05) is 19.8 Å². The quantitative estimate of drug-likeness (QED) is 0.881. The molecular formula is C14H14BrNS. The van der Waals surface area contributed by atoms with Crippen molar-refractivity contribution in [3.05, 3.63) is 51.8 Å². The van der Waals surface area contributed by atoms with Gasteiger partial charge in [0.2, 0.25) is 0 Å². The van der Waals surface area contributed by atoms with Gasteiger partial charge in [0.25, 0.3) is 0 Å². The van der Waals surface area contributed by atoms with E-state index in [2.05, 4.69) is 58.4 Å². The van der Waals surface area contributed by atoms with E-state index in [1.165, 1.54) is 15.3 Å². The topological polar surface area (TPSA) is 26.0 Å². The Morgan fingerprint density at radius 3 is 2.76 bits per heavy atom. The Kier molecular flexibility index (Phi) is 4.54. The van der Waals surface area contributed by atoms with Gasteiger partial charge in [-0.15, -0.1) is 11.3 Å². The van der Waals surface area contributed by atoms with Crippen molar-refractivity contribution in [2.24, 2.45) is 5.73 Å². The molecule has 0 atom stereocenters. The minimum Gasteiger partial charge on any atom is -0.330 e. The molecule has 0 bridgehead atoms. The van der Waals surface area contributed by atoms with Gasteiger partial charge in [0.05, 0.1) is 0 Å². The summed E-state index contributed by atoms with van der Waals surface area (Å²) in [6.07, 6.45) is 5.19. The Labute approximate surface area is 114 Å². The monoisotopic (exact) mass is 307 g/mol. The van der Waals surface area contributed by atoms with E-state index >= 15 is 0 Å². The zero-order valence-corrected chi connectivity index (χ0v) is 11.8. The molecule has 0 spiro atoms. The lowest BCUT2D eigenvalue weighted by Gasteiger charge is -1.99. The van der Waals surface area contributed by atoms with Crippen LogP contribution in [-0.4, -0.2) is 6.54 Å². The molecule has 3 heteroatoms. The molecule has 0 saturated carbocycles. The summed E-state index contributed by atoms with van der Waals surface area (Å²) in [4.78, 5) is 2.55. The molecule has 1 heterocycles. The van der Waals surface area contributed by atoms with Crippen molar-refractivity contribution in [2.75, 3.05) is 6.54 Å². The summed E-state index contributed by atoms with van der Waals surface area (Å²) in [5, 5.41) is 0. The van der Waals surface area contributed by atoms with E-state index in [4.69, 9.17) is 5.73 Å². The van der Waals surface area contributed by atoms with Gasteiger partial charge in [-0.1, -0.05) is 40.2 Å². The van der Waals surface area contributed by atoms with Gasteiger partial charge >= 0.3 is 0 Å². The average molecular weight is 308 g/mol. The summed E-state index contributed by atoms with van der Waals surface area (Å²) < 4.78 is 1.14. The van der Waals surface area contributed by atoms with Gasteiger partial charge in [0.1, 0.15) is 0 Å². The van der Waals surface area contributed by atoms with Crippen LogP contribution in [0.3, 0.4) is 0 Å².